The molecule has 0 aromatic heterocycles. The summed E-state index contributed by atoms with van der Waals surface area (Å²) in [5, 5.41) is 11.6. The Balaban J connectivity index is 2.32. The van der Waals surface area contributed by atoms with Crippen molar-refractivity contribution in [2.75, 3.05) is 0 Å². The Morgan fingerprint density at radius 1 is 1.24 bits per heavy atom. The fourth-order valence-corrected chi connectivity index (χ4v) is 2.79. The van der Waals surface area contributed by atoms with Crippen LogP contribution in [-0.4, -0.2) is 28.8 Å². The Kier molecular flexibility index (Phi) is 6.99. The third-order valence-electron chi connectivity index (χ3n) is 3.82. The number of ether oxygens (including phenoxy) is 1. The normalized spacial score (nSPS) is 18.0. The summed E-state index contributed by atoms with van der Waals surface area (Å²) in [5.74, 6) is -0.265. The molecule has 0 unspecified atom stereocenters. The molecule has 0 radical (unpaired) electrons. The first-order valence-electron chi connectivity index (χ1n) is 8.00. The van der Waals surface area contributed by atoms with E-state index in [1.807, 2.05) is 0 Å². The second kappa shape index (κ2) is 8.25. The van der Waals surface area contributed by atoms with Crippen LogP contribution in [0.2, 0.25) is 0 Å². The zero-order valence-electron chi connectivity index (χ0n) is 13.5. The topological polar surface area (TPSA) is 75.6 Å². The molecule has 5 nitrogen and oxygen atoms in total. The molecule has 1 aliphatic rings. The summed E-state index contributed by atoms with van der Waals surface area (Å²) in [6.07, 6.45) is 8.13. The quantitative estimate of drug-likeness (QED) is 0.784. The van der Waals surface area contributed by atoms with Crippen LogP contribution in [0.15, 0.2) is 0 Å². The van der Waals surface area contributed by atoms with Gasteiger partial charge in [-0.3, -0.25) is 0 Å². The maximum Gasteiger partial charge on any atom is 0.408 e. The number of hydrogen-bond donors (Lipinski definition) is 2. The zero-order valence-corrected chi connectivity index (χ0v) is 13.5. The lowest BCUT2D eigenvalue weighted by Gasteiger charge is -2.23. The molecule has 1 aliphatic carbocycles. The molecule has 1 saturated carbocycles. The summed E-state index contributed by atoms with van der Waals surface area (Å²) in [5.41, 5.74) is -0.616. The average Bonchev–Trinajstić information content (AvgIpc) is 2.36. The molecule has 1 amide bonds. The number of alkyl carbamates (subject to hydrolysis) is 1. The van der Waals surface area contributed by atoms with E-state index in [1.54, 1.807) is 20.8 Å². The second-order valence-corrected chi connectivity index (χ2v) is 6.97. The first kappa shape index (κ1) is 17.8. The Hall–Kier alpha value is -1.26. The van der Waals surface area contributed by atoms with Crippen LogP contribution >= 0.6 is 0 Å². The van der Waals surface area contributed by atoms with E-state index in [0.717, 1.165) is 18.8 Å². The van der Waals surface area contributed by atoms with Crippen molar-refractivity contribution in [3.63, 3.8) is 0 Å². The van der Waals surface area contributed by atoms with Crippen molar-refractivity contribution in [1.82, 2.24) is 5.32 Å². The third-order valence-corrected chi connectivity index (χ3v) is 3.82. The highest BCUT2D eigenvalue weighted by Gasteiger charge is 2.24. The number of amides is 1. The van der Waals surface area contributed by atoms with Gasteiger partial charge in [-0.15, -0.1) is 0 Å². The van der Waals surface area contributed by atoms with Crippen molar-refractivity contribution in [3.8, 4) is 0 Å². The number of hydrogen-bond acceptors (Lipinski definition) is 3. The summed E-state index contributed by atoms with van der Waals surface area (Å²) in [6.45, 7) is 5.27. The Labute approximate surface area is 127 Å². The van der Waals surface area contributed by atoms with Crippen molar-refractivity contribution < 1.29 is 19.4 Å². The van der Waals surface area contributed by atoms with Crippen LogP contribution in [0.5, 0.6) is 0 Å². The molecular weight excluding hydrogens is 270 g/mol. The summed E-state index contributed by atoms with van der Waals surface area (Å²) in [7, 11) is 0. The molecule has 0 aliphatic heterocycles. The predicted molar refractivity (Wildman–Crippen MR) is 81.2 cm³/mol. The van der Waals surface area contributed by atoms with Gasteiger partial charge in [-0.25, -0.2) is 9.59 Å². The zero-order chi connectivity index (χ0) is 15.9. The second-order valence-electron chi connectivity index (χ2n) is 6.97. The molecule has 0 heterocycles. The van der Waals surface area contributed by atoms with Gasteiger partial charge in [0.2, 0.25) is 0 Å². The number of carbonyl (C=O) groups is 2. The molecule has 0 bridgehead atoms. The van der Waals surface area contributed by atoms with Crippen LogP contribution in [0, 0.1) is 5.92 Å². The fourth-order valence-electron chi connectivity index (χ4n) is 2.79. The molecule has 21 heavy (non-hydrogen) atoms. The van der Waals surface area contributed by atoms with Crippen molar-refractivity contribution in [3.05, 3.63) is 0 Å². The Morgan fingerprint density at radius 2 is 1.86 bits per heavy atom. The summed E-state index contributed by atoms with van der Waals surface area (Å²) < 4.78 is 5.10. The summed E-state index contributed by atoms with van der Waals surface area (Å²) >= 11 is 0. The number of carbonyl (C=O) groups excluding carboxylic acids is 1. The van der Waals surface area contributed by atoms with Crippen LogP contribution in [-0.2, 0) is 9.53 Å². The minimum absolute atomic E-state index is 0.463. The van der Waals surface area contributed by atoms with Gasteiger partial charge in [0.15, 0.2) is 0 Å². The van der Waals surface area contributed by atoms with Gasteiger partial charge in [-0.05, 0) is 33.1 Å². The van der Waals surface area contributed by atoms with E-state index in [4.69, 9.17) is 4.74 Å². The van der Waals surface area contributed by atoms with E-state index in [1.165, 1.54) is 32.1 Å². The summed E-state index contributed by atoms with van der Waals surface area (Å²) in [6, 6.07) is -0.858. The molecule has 122 valence electrons. The number of nitrogens with one attached hydrogen (secondary N) is 1. The monoisotopic (exact) mass is 299 g/mol. The van der Waals surface area contributed by atoms with Crippen molar-refractivity contribution in [2.24, 2.45) is 5.92 Å². The van der Waals surface area contributed by atoms with E-state index >= 15 is 0 Å². The highest BCUT2D eigenvalue weighted by atomic mass is 16.6. The van der Waals surface area contributed by atoms with E-state index in [0.29, 0.717) is 6.42 Å². The molecule has 1 rings (SSSR count). The maximum absolute atomic E-state index is 11.6. The van der Waals surface area contributed by atoms with E-state index < -0.39 is 23.7 Å². The van der Waals surface area contributed by atoms with Crippen LogP contribution in [0.4, 0.5) is 4.79 Å². The van der Waals surface area contributed by atoms with Crippen molar-refractivity contribution >= 4 is 12.1 Å². The van der Waals surface area contributed by atoms with E-state index in [9.17, 15) is 14.7 Å². The average molecular weight is 299 g/mol. The van der Waals surface area contributed by atoms with Crippen LogP contribution in [0.25, 0.3) is 0 Å². The molecular formula is C16H29NO4. The van der Waals surface area contributed by atoms with Crippen LogP contribution < -0.4 is 5.32 Å². The molecule has 1 atom stereocenters. The molecule has 0 aromatic carbocycles. The predicted octanol–water partition coefficient (Wildman–Crippen LogP) is 3.71. The van der Waals surface area contributed by atoms with Crippen LogP contribution in [0.3, 0.4) is 0 Å². The SMILES string of the molecule is CC(C)(C)OC(=O)N[C@H](CCCC1CCCCC1)C(=O)O. The standard InChI is InChI=1S/C16H29NO4/c1-16(2,3)21-15(20)17-13(14(18)19)11-7-10-12-8-5-4-6-9-12/h12-13H,4-11H2,1-3H3,(H,17,20)(H,18,19)/t13-/m1/s1. The lowest BCUT2D eigenvalue weighted by Crippen LogP contribution is -2.43. The minimum atomic E-state index is -0.996. The maximum atomic E-state index is 11.6. The third kappa shape index (κ3) is 7.93. The van der Waals surface area contributed by atoms with Gasteiger partial charge in [0.25, 0.3) is 0 Å². The van der Waals surface area contributed by atoms with Gasteiger partial charge in [0.1, 0.15) is 11.6 Å². The lowest BCUT2D eigenvalue weighted by molar-refractivity contribution is -0.139. The first-order chi connectivity index (χ1) is 9.78. The molecule has 0 spiro atoms. The van der Waals surface area contributed by atoms with Gasteiger partial charge < -0.3 is 15.2 Å². The van der Waals surface area contributed by atoms with E-state index in [-0.39, 0.29) is 0 Å². The molecule has 2 N–H and O–H groups in total. The number of carboxylic acid groups (broad SMARTS) is 1. The van der Waals surface area contributed by atoms with Crippen LogP contribution in [0.1, 0.15) is 72.1 Å². The smallest absolute Gasteiger partial charge is 0.408 e. The molecule has 0 aromatic rings. The van der Waals surface area contributed by atoms with Gasteiger partial charge >= 0.3 is 12.1 Å². The number of carboxylic acids is 1. The fraction of sp³-hybridized carbons (Fsp3) is 0.875. The largest absolute Gasteiger partial charge is 0.480 e. The van der Waals surface area contributed by atoms with Gasteiger partial charge in [-0.2, -0.15) is 0 Å². The highest BCUT2D eigenvalue weighted by molar-refractivity contribution is 5.79. The highest BCUT2D eigenvalue weighted by Crippen LogP contribution is 2.27. The molecule has 1 fully saturated rings. The lowest BCUT2D eigenvalue weighted by atomic mass is 9.85. The Morgan fingerprint density at radius 3 is 2.38 bits per heavy atom. The van der Waals surface area contributed by atoms with E-state index in [2.05, 4.69) is 5.32 Å². The number of rotatable bonds is 6. The Bertz CT molecular complexity index is 343. The number of aliphatic carboxylic acids is 1. The molecule has 0 saturated heterocycles. The van der Waals surface area contributed by atoms with Crippen molar-refractivity contribution in [1.29, 1.82) is 0 Å². The van der Waals surface area contributed by atoms with Gasteiger partial charge in [-0.1, -0.05) is 44.9 Å². The first-order valence-corrected chi connectivity index (χ1v) is 8.00. The van der Waals surface area contributed by atoms with Gasteiger partial charge in [0, 0.05) is 0 Å². The summed E-state index contributed by atoms with van der Waals surface area (Å²) in [4.78, 5) is 22.9. The van der Waals surface area contributed by atoms with Crippen molar-refractivity contribution in [2.45, 2.75) is 83.8 Å². The van der Waals surface area contributed by atoms with Gasteiger partial charge in [0.05, 0.1) is 0 Å². The molecule has 5 heteroatoms. The minimum Gasteiger partial charge on any atom is -0.480 e.